The summed E-state index contributed by atoms with van der Waals surface area (Å²) in [4.78, 5) is 35.1. The van der Waals surface area contributed by atoms with E-state index in [9.17, 15) is 19.7 Å². The van der Waals surface area contributed by atoms with Crippen LogP contribution in [0.5, 0.6) is 5.75 Å². The number of hydrogen-bond acceptors (Lipinski definition) is 7. The van der Waals surface area contributed by atoms with Crippen LogP contribution >= 0.6 is 0 Å². The van der Waals surface area contributed by atoms with Gasteiger partial charge in [-0.15, -0.1) is 0 Å². The van der Waals surface area contributed by atoms with Gasteiger partial charge >= 0.3 is 5.69 Å². The lowest BCUT2D eigenvalue weighted by atomic mass is 10.1. The summed E-state index contributed by atoms with van der Waals surface area (Å²) in [5.74, 6) is -0.147. The van der Waals surface area contributed by atoms with Crippen molar-refractivity contribution in [1.29, 1.82) is 0 Å². The second-order valence-electron chi connectivity index (χ2n) is 7.10. The molecule has 1 unspecified atom stereocenters. The maximum atomic E-state index is 12.4. The Balaban J connectivity index is 1.63. The molecule has 3 rings (SSSR count). The van der Waals surface area contributed by atoms with E-state index in [0.717, 1.165) is 0 Å². The number of amides is 2. The van der Waals surface area contributed by atoms with Crippen molar-refractivity contribution in [3.05, 3.63) is 87.9 Å². The Morgan fingerprint density at radius 3 is 2.58 bits per heavy atom. The molecule has 0 radical (unpaired) electrons. The molecule has 0 fully saturated rings. The van der Waals surface area contributed by atoms with Gasteiger partial charge in [-0.05, 0) is 56.7 Å². The number of hydrogen-bond donors (Lipinski definition) is 2. The van der Waals surface area contributed by atoms with E-state index in [0.29, 0.717) is 22.7 Å². The highest BCUT2D eigenvalue weighted by Crippen LogP contribution is 2.26. The van der Waals surface area contributed by atoms with Gasteiger partial charge in [0, 0.05) is 11.8 Å². The van der Waals surface area contributed by atoms with Crippen LogP contribution in [0.25, 0.3) is 0 Å². The molecule has 1 heterocycles. The maximum Gasteiger partial charge on any atom is 0.310 e. The zero-order chi connectivity index (χ0) is 24.0. The molecule has 10 nitrogen and oxygen atoms in total. The third-order valence-corrected chi connectivity index (χ3v) is 4.57. The van der Waals surface area contributed by atoms with E-state index < -0.39 is 16.9 Å². The number of anilines is 1. The molecule has 0 bridgehead atoms. The molecule has 0 aliphatic heterocycles. The molecule has 0 aliphatic carbocycles. The smallest absolute Gasteiger partial charge is 0.310 e. The average molecular weight is 450 g/mol. The molecule has 1 atom stereocenters. The van der Waals surface area contributed by atoms with Crippen LogP contribution in [0.4, 0.5) is 11.4 Å². The minimum atomic E-state index is -1.02. The maximum absolute atomic E-state index is 12.4. The molecule has 2 amide bonds. The Morgan fingerprint density at radius 2 is 1.88 bits per heavy atom. The van der Waals surface area contributed by atoms with E-state index in [-0.39, 0.29) is 23.1 Å². The second-order valence-corrected chi connectivity index (χ2v) is 7.10. The van der Waals surface area contributed by atoms with Crippen LogP contribution in [0.3, 0.4) is 0 Å². The third kappa shape index (κ3) is 6.03. The van der Waals surface area contributed by atoms with Crippen molar-refractivity contribution in [2.75, 3.05) is 5.32 Å². The number of nitrogens with zero attached hydrogens (tertiary/aromatic N) is 2. The largest absolute Gasteiger partial charge is 0.474 e. The highest BCUT2D eigenvalue weighted by atomic mass is 16.6. The third-order valence-electron chi connectivity index (χ3n) is 4.57. The van der Waals surface area contributed by atoms with Gasteiger partial charge in [0.2, 0.25) is 0 Å². The number of hydrazone groups is 1. The molecule has 170 valence electrons. The summed E-state index contributed by atoms with van der Waals surface area (Å²) in [6.07, 6.45) is -1.02. The number of nitro groups is 1. The number of rotatable bonds is 8. The summed E-state index contributed by atoms with van der Waals surface area (Å²) in [6.45, 7) is 4.90. The van der Waals surface area contributed by atoms with Crippen molar-refractivity contribution in [3.63, 3.8) is 0 Å². The van der Waals surface area contributed by atoms with Gasteiger partial charge in [0.05, 0.1) is 10.6 Å². The summed E-state index contributed by atoms with van der Waals surface area (Å²) in [6, 6.07) is 16.0. The van der Waals surface area contributed by atoms with Crippen LogP contribution in [0, 0.1) is 17.0 Å². The molecule has 10 heteroatoms. The van der Waals surface area contributed by atoms with Crippen molar-refractivity contribution in [2.24, 2.45) is 5.10 Å². The van der Waals surface area contributed by atoms with Gasteiger partial charge in [-0.1, -0.05) is 24.3 Å². The second kappa shape index (κ2) is 10.2. The molecule has 33 heavy (non-hydrogen) atoms. The normalized spacial score (nSPS) is 12.0. The molecule has 0 spiro atoms. The first-order chi connectivity index (χ1) is 15.7. The molecule has 0 saturated heterocycles. The van der Waals surface area contributed by atoms with Gasteiger partial charge in [-0.3, -0.25) is 19.7 Å². The van der Waals surface area contributed by atoms with Gasteiger partial charge in [-0.25, -0.2) is 5.43 Å². The number of para-hydroxylation sites is 2. The number of benzene rings is 2. The number of carbonyl (C=O) groups excluding carboxylic acids is 2. The lowest BCUT2D eigenvalue weighted by Crippen LogP contribution is -2.34. The first-order valence-electron chi connectivity index (χ1n) is 9.97. The Morgan fingerprint density at radius 1 is 1.12 bits per heavy atom. The molecule has 2 aromatic carbocycles. The van der Waals surface area contributed by atoms with Gasteiger partial charge in [0.25, 0.3) is 11.8 Å². The average Bonchev–Trinajstić information content (AvgIpc) is 3.24. The highest BCUT2D eigenvalue weighted by Gasteiger charge is 2.20. The lowest BCUT2D eigenvalue weighted by Gasteiger charge is -2.13. The van der Waals surface area contributed by atoms with Gasteiger partial charge in [0.1, 0.15) is 5.76 Å². The van der Waals surface area contributed by atoms with E-state index in [4.69, 9.17) is 9.15 Å². The van der Waals surface area contributed by atoms with Gasteiger partial charge < -0.3 is 14.5 Å². The summed E-state index contributed by atoms with van der Waals surface area (Å²) in [5, 5.41) is 17.9. The van der Waals surface area contributed by atoms with Crippen LogP contribution < -0.4 is 15.5 Å². The first kappa shape index (κ1) is 23.2. The quantitative estimate of drug-likeness (QED) is 0.302. The van der Waals surface area contributed by atoms with Crippen molar-refractivity contribution in [1.82, 2.24) is 5.43 Å². The summed E-state index contributed by atoms with van der Waals surface area (Å²) in [5.41, 5.74) is 3.82. The topological polar surface area (TPSA) is 136 Å². The minimum Gasteiger partial charge on any atom is -0.474 e. The van der Waals surface area contributed by atoms with E-state index in [1.807, 2.05) is 0 Å². The van der Waals surface area contributed by atoms with Crippen LogP contribution in [0.1, 0.15) is 35.7 Å². The van der Waals surface area contributed by atoms with E-state index >= 15 is 0 Å². The number of nitrogens with one attached hydrogen (secondary N) is 2. The highest BCUT2D eigenvalue weighted by molar-refractivity contribution is 6.04. The molecule has 0 saturated carbocycles. The zero-order valence-electron chi connectivity index (χ0n) is 18.2. The predicted octanol–water partition coefficient (Wildman–Crippen LogP) is 4.06. The van der Waals surface area contributed by atoms with Crippen LogP contribution in [0.15, 0.2) is 70.2 Å². The molecule has 2 N–H and O–H groups in total. The summed E-state index contributed by atoms with van der Waals surface area (Å²) >= 11 is 0. The number of furan rings is 1. The molecule has 1 aromatic heterocycles. The number of carbonyl (C=O) groups is 2. The van der Waals surface area contributed by atoms with E-state index in [2.05, 4.69) is 15.8 Å². The van der Waals surface area contributed by atoms with Crippen LogP contribution in [0.2, 0.25) is 0 Å². The number of nitro benzene ring substituents is 1. The molecule has 3 aromatic rings. The standard InChI is InChI=1S/C23H22N4O6/c1-14-11-12-21(32-14)23(29)24-18-8-6-7-17(13-18)15(2)25-26-22(28)16(3)33-20-10-5-4-9-19(20)27(30)31/h4-13,16H,1-3H3,(H,24,29)(H,26,28). The molecular formula is C23H22N4O6. The fourth-order valence-corrected chi connectivity index (χ4v) is 2.82. The van der Waals surface area contributed by atoms with E-state index in [1.54, 1.807) is 56.3 Å². The Hall–Kier alpha value is -4.47. The van der Waals surface area contributed by atoms with Crippen molar-refractivity contribution in [3.8, 4) is 5.75 Å². The Kier molecular flexibility index (Phi) is 7.19. The molecule has 0 aliphatic rings. The van der Waals surface area contributed by atoms with Crippen LogP contribution in [-0.4, -0.2) is 28.6 Å². The first-order valence-corrected chi connectivity index (χ1v) is 9.97. The number of aryl methyl sites for hydroxylation is 1. The van der Waals surface area contributed by atoms with Gasteiger partial charge in [-0.2, -0.15) is 5.10 Å². The van der Waals surface area contributed by atoms with Crippen LogP contribution in [-0.2, 0) is 4.79 Å². The fraction of sp³-hybridized carbons (Fsp3) is 0.174. The van der Waals surface area contributed by atoms with Crippen molar-refractivity contribution >= 4 is 28.9 Å². The monoisotopic (exact) mass is 450 g/mol. The Bertz CT molecular complexity index is 1220. The predicted molar refractivity (Wildman–Crippen MR) is 121 cm³/mol. The van der Waals surface area contributed by atoms with Crippen molar-refractivity contribution < 1.29 is 23.7 Å². The summed E-state index contributed by atoms with van der Waals surface area (Å²) in [7, 11) is 0. The lowest BCUT2D eigenvalue weighted by molar-refractivity contribution is -0.386. The zero-order valence-corrected chi connectivity index (χ0v) is 18.2. The Labute approximate surface area is 189 Å². The number of ether oxygens (including phenoxy) is 1. The van der Waals surface area contributed by atoms with E-state index in [1.165, 1.54) is 25.1 Å². The fourth-order valence-electron chi connectivity index (χ4n) is 2.82. The van der Waals surface area contributed by atoms with Crippen molar-refractivity contribution in [2.45, 2.75) is 26.9 Å². The summed E-state index contributed by atoms with van der Waals surface area (Å²) < 4.78 is 10.7. The van der Waals surface area contributed by atoms with Gasteiger partial charge in [0.15, 0.2) is 17.6 Å². The minimum absolute atomic E-state index is 0.0129. The SMILES string of the molecule is CC(=NNC(=O)C(C)Oc1ccccc1[N+](=O)[O-])c1cccc(NC(=O)c2ccc(C)o2)c1. The molecular weight excluding hydrogens is 428 g/mol.